The van der Waals surface area contributed by atoms with Gasteiger partial charge < -0.3 is 4.84 Å². The molecule has 0 saturated heterocycles. The van der Waals surface area contributed by atoms with E-state index in [0.717, 1.165) is 5.56 Å². The maximum absolute atomic E-state index is 12.6. The van der Waals surface area contributed by atoms with E-state index < -0.39 is 0 Å². The van der Waals surface area contributed by atoms with Crippen molar-refractivity contribution in [2.24, 2.45) is 11.1 Å². The van der Waals surface area contributed by atoms with Crippen molar-refractivity contribution in [3.8, 4) is 0 Å². The smallest absolute Gasteiger partial charge is 0.142 e. The molecule has 1 aliphatic carbocycles. The van der Waals surface area contributed by atoms with Gasteiger partial charge in [-0.2, -0.15) is 0 Å². The first kappa shape index (κ1) is 12.1. The number of benzene rings is 1. The molecule has 3 heteroatoms. The molecular weight excluding hydrogens is 217 g/mol. The van der Waals surface area contributed by atoms with Crippen molar-refractivity contribution < 1.29 is 9.23 Å². The summed E-state index contributed by atoms with van der Waals surface area (Å²) in [7, 11) is 0. The van der Waals surface area contributed by atoms with Crippen LogP contribution in [0.4, 0.5) is 4.39 Å². The second-order valence-electron chi connectivity index (χ2n) is 4.55. The van der Waals surface area contributed by atoms with Gasteiger partial charge in [0.15, 0.2) is 0 Å². The van der Waals surface area contributed by atoms with Gasteiger partial charge in [0, 0.05) is 6.21 Å². The van der Waals surface area contributed by atoms with Gasteiger partial charge in [0.1, 0.15) is 12.4 Å². The van der Waals surface area contributed by atoms with Gasteiger partial charge in [-0.1, -0.05) is 36.6 Å². The predicted molar refractivity (Wildman–Crippen MR) is 66.3 cm³/mol. The zero-order valence-electron chi connectivity index (χ0n) is 9.94. The van der Waals surface area contributed by atoms with Crippen LogP contribution < -0.4 is 0 Å². The van der Waals surface area contributed by atoms with Crippen LogP contribution in [-0.4, -0.2) is 6.21 Å². The largest absolute Gasteiger partial charge is 0.391 e. The van der Waals surface area contributed by atoms with E-state index >= 15 is 0 Å². The first-order chi connectivity index (χ1) is 8.34. The SMILES string of the molecule is Fc1ccc(CON=CC2CCCCC2)cc1. The molecule has 1 saturated carbocycles. The van der Waals surface area contributed by atoms with Gasteiger partial charge >= 0.3 is 0 Å². The van der Waals surface area contributed by atoms with E-state index in [1.807, 2.05) is 6.21 Å². The lowest BCUT2D eigenvalue weighted by molar-refractivity contribution is 0.130. The molecule has 2 nitrogen and oxygen atoms in total. The summed E-state index contributed by atoms with van der Waals surface area (Å²) in [4.78, 5) is 5.21. The Balaban J connectivity index is 1.71. The molecule has 0 radical (unpaired) electrons. The highest BCUT2D eigenvalue weighted by molar-refractivity contribution is 5.59. The molecule has 0 spiro atoms. The number of hydrogen-bond acceptors (Lipinski definition) is 2. The van der Waals surface area contributed by atoms with Crippen molar-refractivity contribution >= 4 is 6.21 Å². The first-order valence-electron chi connectivity index (χ1n) is 6.24. The van der Waals surface area contributed by atoms with E-state index in [0.29, 0.717) is 12.5 Å². The zero-order chi connectivity index (χ0) is 11.9. The van der Waals surface area contributed by atoms with Crippen LogP contribution in [0.1, 0.15) is 37.7 Å². The zero-order valence-corrected chi connectivity index (χ0v) is 9.94. The number of nitrogens with zero attached hydrogens (tertiary/aromatic N) is 1. The molecule has 0 bridgehead atoms. The van der Waals surface area contributed by atoms with Crippen LogP contribution in [0.25, 0.3) is 0 Å². The average Bonchev–Trinajstić information content (AvgIpc) is 2.38. The maximum Gasteiger partial charge on any atom is 0.142 e. The van der Waals surface area contributed by atoms with Gasteiger partial charge in [0.05, 0.1) is 0 Å². The Morgan fingerprint density at radius 3 is 2.59 bits per heavy atom. The lowest BCUT2D eigenvalue weighted by Crippen LogP contribution is -2.07. The summed E-state index contributed by atoms with van der Waals surface area (Å²) in [6.07, 6.45) is 8.32. The lowest BCUT2D eigenvalue weighted by atomic mass is 9.90. The summed E-state index contributed by atoms with van der Waals surface area (Å²) in [5.74, 6) is 0.358. The van der Waals surface area contributed by atoms with Crippen molar-refractivity contribution in [3.63, 3.8) is 0 Å². The van der Waals surface area contributed by atoms with Crippen LogP contribution in [0.2, 0.25) is 0 Å². The van der Waals surface area contributed by atoms with Gasteiger partial charge in [-0.05, 0) is 36.5 Å². The van der Waals surface area contributed by atoms with Crippen molar-refractivity contribution in [2.45, 2.75) is 38.7 Å². The molecule has 0 unspecified atom stereocenters. The summed E-state index contributed by atoms with van der Waals surface area (Å²) in [5, 5.41) is 3.99. The standard InChI is InChI=1S/C14H18FNO/c15-14-8-6-13(7-9-14)11-17-16-10-12-4-2-1-3-5-12/h6-10,12H,1-5,11H2. The topological polar surface area (TPSA) is 21.6 Å². The fourth-order valence-electron chi connectivity index (χ4n) is 2.10. The average molecular weight is 235 g/mol. The molecule has 1 aromatic carbocycles. The third kappa shape index (κ3) is 4.17. The van der Waals surface area contributed by atoms with Crippen LogP contribution in [0.3, 0.4) is 0 Å². The summed E-state index contributed by atoms with van der Waals surface area (Å²) in [6.45, 7) is 0.406. The minimum atomic E-state index is -0.223. The molecule has 92 valence electrons. The van der Waals surface area contributed by atoms with E-state index in [1.165, 1.54) is 44.2 Å². The third-order valence-electron chi connectivity index (χ3n) is 3.14. The van der Waals surface area contributed by atoms with Gasteiger partial charge in [0.2, 0.25) is 0 Å². The number of rotatable bonds is 4. The maximum atomic E-state index is 12.6. The van der Waals surface area contributed by atoms with Crippen molar-refractivity contribution in [2.75, 3.05) is 0 Å². The van der Waals surface area contributed by atoms with E-state index in [4.69, 9.17) is 4.84 Å². The molecule has 0 atom stereocenters. The highest BCUT2D eigenvalue weighted by atomic mass is 19.1. The van der Waals surface area contributed by atoms with E-state index in [1.54, 1.807) is 12.1 Å². The second kappa shape index (κ2) is 6.38. The van der Waals surface area contributed by atoms with Crippen molar-refractivity contribution in [1.82, 2.24) is 0 Å². The normalized spacial score (nSPS) is 17.5. The number of hydrogen-bond donors (Lipinski definition) is 0. The minimum Gasteiger partial charge on any atom is -0.391 e. The quantitative estimate of drug-likeness (QED) is 0.572. The van der Waals surface area contributed by atoms with Crippen LogP contribution in [-0.2, 0) is 11.4 Å². The minimum absolute atomic E-state index is 0.223. The molecule has 0 N–H and O–H groups in total. The third-order valence-corrected chi connectivity index (χ3v) is 3.14. The highest BCUT2D eigenvalue weighted by Gasteiger charge is 2.10. The Labute approximate surface area is 101 Å². The summed E-state index contributed by atoms with van der Waals surface area (Å²) < 4.78 is 12.6. The monoisotopic (exact) mass is 235 g/mol. The molecule has 0 aromatic heterocycles. The molecule has 0 amide bonds. The Hall–Kier alpha value is -1.38. The summed E-state index contributed by atoms with van der Waals surface area (Å²) in [5.41, 5.74) is 0.937. The molecule has 17 heavy (non-hydrogen) atoms. The molecule has 0 heterocycles. The van der Waals surface area contributed by atoms with Crippen molar-refractivity contribution in [3.05, 3.63) is 35.6 Å². The summed E-state index contributed by atoms with van der Waals surface area (Å²) >= 11 is 0. The van der Waals surface area contributed by atoms with Crippen LogP contribution >= 0.6 is 0 Å². The molecular formula is C14H18FNO. The van der Waals surface area contributed by atoms with E-state index in [-0.39, 0.29) is 5.82 Å². The van der Waals surface area contributed by atoms with Gasteiger partial charge in [-0.3, -0.25) is 0 Å². The Morgan fingerprint density at radius 1 is 1.18 bits per heavy atom. The lowest BCUT2D eigenvalue weighted by Gasteiger charge is -2.16. The van der Waals surface area contributed by atoms with Crippen LogP contribution in [0.15, 0.2) is 29.4 Å². The van der Waals surface area contributed by atoms with Crippen molar-refractivity contribution in [1.29, 1.82) is 0 Å². The molecule has 2 rings (SSSR count). The highest BCUT2D eigenvalue weighted by Crippen LogP contribution is 2.21. The Bertz CT molecular complexity index is 355. The number of halogens is 1. The Morgan fingerprint density at radius 2 is 1.88 bits per heavy atom. The van der Waals surface area contributed by atoms with Gasteiger partial charge in [-0.15, -0.1) is 0 Å². The molecule has 1 aromatic rings. The molecule has 0 aliphatic heterocycles. The van der Waals surface area contributed by atoms with Crippen LogP contribution in [0, 0.1) is 11.7 Å². The van der Waals surface area contributed by atoms with Gasteiger partial charge in [0.25, 0.3) is 0 Å². The van der Waals surface area contributed by atoms with Crippen LogP contribution in [0.5, 0.6) is 0 Å². The van der Waals surface area contributed by atoms with E-state index in [2.05, 4.69) is 5.16 Å². The summed E-state index contributed by atoms with van der Waals surface area (Å²) in [6, 6.07) is 6.30. The fraction of sp³-hybridized carbons (Fsp3) is 0.500. The second-order valence-corrected chi connectivity index (χ2v) is 4.55. The molecule has 1 aliphatic rings. The fourth-order valence-corrected chi connectivity index (χ4v) is 2.10. The number of oxime groups is 1. The Kier molecular flexibility index (Phi) is 4.54. The predicted octanol–water partition coefficient (Wildman–Crippen LogP) is 3.91. The van der Waals surface area contributed by atoms with Gasteiger partial charge in [-0.25, -0.2) is 4.39 Å². The first-order valence-corrected chi connectivity index (χ1v) is 6.24. The molecule has 1 fully saturated rings. The van der Waals surface area contributed by atoms with E-state index in [9.17, 15) is 4.39 Å².